The monoisotopic (exact) mass is 547 g/mol. The number of hydrogen-bond donors (Lipinski definition) is 1. The van der Waals surface area contributed by atoms with Crippen molar-refractivity contribution >= 4 is 27.1 Å². The molecule has 2 aliphatic carbocycles. The molecule has 1 nitrogen and oxygen atoms in total. The Kier molecular flexibility index (Phi) is 5.10. The molecule has 0 fully saturated rings. The molecule has 0 aromatic heterocycles. The predicted molar refractivity (Wildman–Crippen MR) is 181 cm³/mol. The molecule has 1 heterocycles. The molecule has 0 bridgehead atoms. The highest BCUT2D eigenvalue weighted by atomic mass is 14.9. The lowest BCUT2D eigenvalue weighted by Crippen LogP contribution is -2.25. The molecule has 3 aliphatic rings. The van der Waals surface area contributed by atoms with E-state index in [4.69, 9.17) is 0 Å². The molecule has 1 heteroatoms. The third kappa shape index (κ3) is 3.34. The van der Waals surface area contributed by atoms with E-state index in [1.54, 1.807) is 0 Å². The molecule has 0 saturated heterocycles. The van der Waals surface area contributed by atoms with Crippen LogP contribution in [0.4, 0.5) is 0 Å². The van der Waals surface area contributed by atoms with E-state index in [1.807, 2.05) is 13.0 Å². The SMILES string of the molecule is C/C=C\C=C1/C=CC(c2ccc3cc4c(cc3c2)C2(c3ccccc3-c3ccccc32)c2cc3ccccc3cc2-4)=CN1. The van der Waals surface area contributed by atoms with E-state index in [0.717, 1.165) is 5.70 Å². The summed E-state index contributed by atoms with van der Waals surface area (Å²) < 4.78 is 0. The molecule has 43 heavy (non-hydrogen) atoms. The maximum absolute atomic E-state index is 3.44. The highest BCUT2D eigenvalue weighted by Crippen LogP contribution is 2.63. The lowest BCUT2D eigenvalue weighted by molar-refractivity contribution is 0.796. The summed E-state index contributed by atoms with van der Waals surface area (Å²) in [4.78, 5) is 0. The highest BCUT2D eigenvalue weighted by molar-refractivity contribution is 6.03. The van der Waals surface area contributed by atoms with Crippen LogP contribution in [0.25, 0.3) is 49.4 Å². The van der Waals surface area contributed by atoms with E-state index < -0.39 is 0 Å². The summed E-state index contributed by atoms with van der Waals surface area (Å²) in [6.07, 6.45) is 12.6. The van der Waals surface area contributed by atoms with Gasteiger partial charge in [0.15, 0.2) is 0 Å². The second kappa shape index (κ2) is 9.05. The third-order valence-electron chi connectivity index (χ3n) is 9.55. The lowest BCUT2D eigenvalue weighted by Gasteiger charge is -2.30. The number of benzene rings is 6. The van der Waals surface area contributed by atoms with Crippen LogP contribution in [0.1, 0.15) is 34.7 Å². The van der Waals surface area contributed by atoms with Gasteiger partial charge in [-0.15, -0.1) is 0 Å². The van der Waals surface area contributed by atoms with Gasteiger partial charge in [-0.25, -0.2) is 0 Å². The van der Waals surface area contributed by atoms with Gasteiger partial charge in [0.1, 0.15) is 0 Å². The summed E-state index contributed by atoms with van der Waals surface area (Å²) >= 11 is 0. The minimum atomic E-state index is -0.357. The molecule has 6 aromatic rings. The summed E-state index contributed by atoms with van der Waals surface area (Å²) in [5, 5.41) is 8.54. The minimum Gasteiger partial charge on any atom is -0.361 e. The fourth-order valence-electron chi connectivity index (χ4n) is 7.66. The maximum Gasteiger partial charge on any atom is 0.0725 e. The molecule has 6 aromatic carbocycles. The van der Waals surface area contributed by atoms with Crippen molar-refractivity contribution in [3.63, 3.8) is 0 Å². The Balaban J connectivity index is 1.32. The lowest BCUT2D eigenvalue weighted by atomic mass is 9.70. The number of nitrogens with one attached hydrogen (secondary N) is 1. The van der Waals surface area contributed by atoms with Crippen LogP contribution in [-0.2, 0) is 5.41 Å². The summed E-state index contributed by atoms with van der Waals surface area (Å²) in [6.45, 7) is 2.03. The highest BCUT2D eigenvalue weighted by Gasteiger charge is 2.51. The molecule has 202 valence electrons. The van der Waals surface area contributed by atoms with Crippen molar-refractivity contribution in [1.29, 1.82) is 0 Å². The van der Waals surface area contributed by atoms with Crippen LogP contribution in [0, 0.1) is 0 Å². The van der Waals surface area contributed by atoms with Crippen molar-refractivity contribution in [3.05, 3.63) is 185 Å². The van der Waals surface area contributed by atoms with Gasteiger partial charge in [-0.1, -0.05) is 103 Å². The number of fused-ring (bicyclic) bond motifs is 12. The number of dihydropyridines is 1. The van der Waals surface area contributed by atoms with Crippen LogP contribution < -0.4 is 5.32 Å². The van der Waals surface area contributed by atoms with Crippen LogP contribution >= 0.6 is 0 Å². The molecular formula is C42H29N. The standard InChI is InChI=1S/C42H29N/c1-2-3-12-33-20-19-31(26-43-33)29-17-18-30-23-37-36-22-27-10-4-5-11-28(27)24-40(36)42(41(37)25-32(30)21-29)38-15-8-6-13-34(38)35-14-7-9-16-39(35)42/h2-26,43H,1H3/b3-2-,33-12+. The average molecular weight is 548 g/mol. The first-order valence-corrected chi connectivity index (χ1v) is 15.1. The Bertz CT molecular complexity index is 2230. The maximum atomic E-state index is 3.44. The molecule has 1 spiro atoms. The molecule has 0 unspecified atom stereocenters. The molecule has 0 saturated carbocycles. The van der Waals surface area contributed by atoms with E-state index in [2.05, 4.69) is 151 Å². The van der Waals surface area contributed by atoms with Crippen molar-refractivity contribution in [2.75, 3.05) is 0 Å². The van der Waals surface area contributed by atoms with E-state index in [1.165, 1.54) is 77.2 Å². The van der Waals surface area contributed by atoms with Crippen molar-refractivity contribution in [3.8, 4) is 22.3 Å². The van der Waals surface area contributed by atoms with Gasteiger partial charge in [-0.05, 0) is 127 Å². The van der Waals surface area contributed by atoms with E-state index in [-0.39, 0.29) is 5.41 Å². The molecule has 0 atom stereocenters. The molecule has 0 amide bonds. The molecule has 1 aliphatic heterocycles. The first kappa shape index (κ1) is 24.2. The van der Waals surface area contributed by atoms with Gasteiger partial charge in [0.05, 0.1) is 5.41 Å². The molecule has 1 N–H and O–H groups in total. The van der Waals surface area contributed by atoms with Gasteiger partial charge < -0.3 is 5.32 Å². The number of rotatable bonds is 2. The van der Waals surface area contributed by atoms with Crippen LogP contribution in [0.2, 0.25) is 0 Å². The average Bonchev–Trinajstić information content (AvgIpc) is 3.51. The first-order valence-electron chi connectivity index (χ1n) is 15.1. The molecule has 9 rings (SSSR count). The summed E-state index contributed by atoms with van der Waals surface area (Å²) in [6, 6.07) is 43.5. The summed E-state index contributed by atoms with van der Waals surface area (Å²) in [5.74, 6) is 0. The van der Waals surface area contributed by atoms with Crippen molar-refractivity contribution in [1.82, 2.24) is 5.32 Å². The normalized spacial score (nSPS) is 16.4. The van der Waals surface area contributed by atoms with Crippen LogP contribution in [0.5, 0.6) is 0 Å². The zero-order valence-electron chi connectivity index (χ0n) is 23.9. The van der Waals surface area contributed by atoms with Crippen LogP contribution in [0.15, 0.2) is 158 Å². The van der Waals surface area contributed by atoms with Crippen LogP contribution in [-0.4, -0.2) is 0 Å². The first-order chi connectivity index (χ1) is 21.3. The largest absolute Gasteiger partial charge is 0.361 e. The predicted octanol–water partition coefficient (Wildman–Crippen LogP) is 10.3. The Morgan fingerprint density at radius 2 is 1.14 bits per heavy atom. The van der Waals surface area contributed by atoms with Crippen LogP contribution in [0.3, 0.4) is 0 Å². The Labute approximate surface area is 251 Å². The fraction of sp³-hybridized carbons (Fsp3) is 0.0476. The molecule has 0 radical (unpaired) electrons. The topological polar surface area (TPSA) is 12.0 Å². The van der Waals surface area contributed by atoms with E-state index >= 15 is 0 Å². The van der Waals surface area contributed by atoms with E-state index in [9.17, 15) is 0 Å². The second-order valence-electron chi connectivity index (χ2n) is 11.8. The Morgan fingerprint density at radius 3 is 1.79 bits per heavy atom. The summed E-state index contributed by atoms with van der Waals surface area (Å²) in [7, 11) is 0. The second-order valence-corrected chi connectivity index (χ2v) is 11.8. The Hall–Kier alpha value is -5.40. The number of allylic oxidation sites excluding steroid dienone is 6. The minimum absolute atomic E-state index is 0.357. The Morgan fingerprint density at radius 1 is 0.535 bits per heavy atom. The van der Waals surface area contributed by atoms with Gasteiger partial charge in [0.2, 0.25) is 0 Å². The fourth-order valence-corrected chi connectivity index (χ4v) is 7.66. The van der Waals surface area contributed by atoms with Gasteiger partial charge in [0, 0.05) is 11.9 Å². The quantitative estimate of drug-likeness (QED) is 0.227. The van der Waals surface area contributed by atoms with Crippen molar-refractivity contribution in [2.45, 2.75) is 12.3 Å². The number of hydrogen-bond acceptors (Lipinski definition) is 1. The van der Waals surface area contributed by atoms with E-state index in [0.29, 0.717) is 0 Å². The van der Waals surface area contributed by atoms with Gasteiger partial charge >= 0.3 is 0 Å². The zero-order chi connectivity index (χ0) is 28.5. The van der Waals surface area contributed by atoms with Crippen molar-refractivity contribution < 1.29 is 0 Å². The van der Waals surface area contributed by atoms with Gasteiger partial charge in [-0.2, -0.15) is 0 Å². The molecular weight excluding hydrogens is 518 g/mol. The third-order valence-corrected chi connectivity index (χ3v) is 9.55. The smallest absolute Gasteiger partial charge is 0.0725 e. The van der Waals surface area contributed by atoms with Crippen molar-refractivity contribution in [2.24, 2.45) is 0 Å². The van der Waals surface area contributed by atoms with Gasteiger partial charge in [-0.3, -0.25) is 0 Å². The summed E-state index contributed by atoms with van der Waals surface area (Å²) in [5.41, 5.74) is 14.0. The van der Waals surface area contributed by atoms with Gasteiger partial charge in [0.25, 0.3) is 0 Å². The zero-order valence-corrected chi connectivity index (χ0v) is 23.9.